The highest BCUT2D eigenvalue weighted by Crippen LogP contribution is 2.39. The Morgan fingerprint density at radius 2 is 2.00 bits per heavy atom. The lowest BCUT2D eigenvalue weighted by Crippen LogP contribution is -2.53. The van der Waals surface area contributed by atoms with Crippen molar-refractivity contribution in [1.82, 2.24) is 10.2 Å². The minimum absolute atomic E-state index is 0.403. The van der Waals surface area contributed by atoms with Crippen molar-refractivity contribution in [2.75, 3.05) is 32.8 Å². The Labute approximate surface area is 119 Å². The Morgan fingerprint density at radius 1 is 1.26 bits per heavy atom. The molecule has 0 radical (unpaired) electrons. The molecule has 1 N–H and O–H groups in total. The van der Waals surface area contributed by atoms with Crippen LogP contribution in [0.4, 0.5) is 0 Å². The van der Waals surface area contributed by atoms with Crippen LogP contribution in [0.25, 0.3) is 0 Å². The van der Waals surface area contributed by atoms with E-state index >= 15 is 0 Å². The summed E-state index contributed by atoms with van der Waals surface area (Å²) < 4.78 is 5.83. The van der Waals surface area contributed by atoms with Gasteiger partial charge in [0.2, 0.25) is 0 Å². The second-order valence-corrected chi connectivity index (χ2v) is 6.62. The molecule has 0 spiro atoms. The van der Waals surface area contributed by atoms with E-state index in [4.69, 9.17) is 4.74 Å². The van der Waals surface area contributed by atoms with E-state index in [1.54, 1.807) is 0 Å². The van der Waals surface area contributed by atoms with Crippen LogP contribution in [0.3, 0.4) is 0 Å². The molecule has 0 aromatic carbocycles. The molecule has 2 unspecified atom stereocenters. The smallest absolute Gasteiger partial charge is 0.0674 e. The van der Waals surface area contributed by atoms with Crippen LogP contribution in [0.1, 0.15) is 52.9 Å². The molecule has 1 aliphatic heterocycles. The van der Waals surface area contributed by atoms with E-state index in [1.165, 1.54) is 45.2 Å². The lowest BCUT2D eigenvalue weighted by Gasteiger charge is -2.43. The molecule has 1 saturated carbocycles. The average Bonchev–Trinajstić information content (AvgIpc) is 2.86. The molecule has 0 aromatic rings. The highest BCUT2D eigenvalue weighted by Gasteiger charge is 2.38. The van der Waals surface area contributed by atoms with E-state index in [-0.39, 0.29) is 0 Å². The molecule has 2 fully saturated rings. The van der Waals surface area contributed by atoms with Gasteiger partial charge in [-0.15, -0.1) is 0 Å². The standard InChI is InChI=1S/C16H32N2O/c1-4-15-11-19-14(3)10-18(15)13-16(12-17-5-2)8-6-7-9-16/h14-15,17H,4-13H2,1-3H3. The minimum atomic E-state index is 0.403. The molecule has 3 nitrogen and oxygen atoms in total. The molecule has 0 bridgehead atoms. The maximum absolute atomic E-state index is 5.83. The zero-order valence-electron chi connectivity index (χ0n) is 13.1. The van der Waals surface area contributed by atoms with Gasteiger partial charge in [0.1, 0.15) is 0 Å². The van der Waals surface area contributed by atoms with Crippen molar-refractivity contribution in [2.45, 2.75) is 65.0 Å². The number of nitrogens with one attached hydrogen (secondary N) is 1. The van der Waals surface area contributed by atoms with Crippen LogP contribution in [0.15, 0.2) is 0 Å². The van der Waals surface area contributed by atoms with Crippen LogP contribution in [-0.2, 0) is 4.74 Å². The van der Waals surface area contributed by atoms with Crippen molar-refractivity contribution in [2.24, 2.45) is 5.41 Å². The van der Waals surface area contributed by atoms with Gasteiger partial charge in [-0.3, -0.25) is 4.90 Å². The van der Waals surface area contributed by atoms with Crippen LogP contribution < -0.4 is 5.32 Å². The lowest BCUT2D eigenvalue weighted by molar-refractivity contribution is -0.0688. The first-order valence-electron chi connectivity index (χ1n) is 8.25. The molecule has 3 heteroatoms. The Hall–Kier alpha value is -0.120. The van der Waals surface area contributed by atoms with Crippen LogP contribution in [0.2, 0.25) is 0 Å². The summed E-state index contributed by atoms with van der Waals surface area (Å²) in [7, 11) is 0. The van der Waals surface area contributed by atoms with Crippen LogP contribution in [0, 0.1) is 5.41 Å². The SMILES string of the molecule is CCNCC1(CN2CC(C)OCC2CC)CCCC1. The van der Waals surface area contributed by atoms with Crippen LogP contribution in [-0.4, -0.2) is 49.8 Å². The molecule has 2 rings (SSSR count). The van der Waals surface area contributed by atoms with E-state index in [0.29, 0.717) is 17.6 Å². The molecule has 19 heavy (non-hydrogen) atoms. The van der Waals surface area contributed by atoms with Gasteiger partial charge < -0.3 is 10.1 Å². The Bertz CT molecular complexity index is 263. The number of morpholine rings is 1. The summed E-state index contributed by atoms with van der Waals surface area (Å²) in [5.41, 5.74) is 0.528. The Morgan fingerprint density at radius 3 is 2.63 bits per heavy atom. The Kier molecular flexibility index (Phi) is 5.67. The first kappa shape index (κ1) is 15.3. The summed E-state index contributed by atoms with van der Waals surface area (Å²) in [4.78, 5) is 2.72. The monoisotopic (exact) mass is 268 g/mol. The summed E-state index contributed by atoms with van der Waals surface area (Å²) in [6.07, 6.45) is 7.26. The lowest BCUT2D eigenvalue weighted by atomic mass is 9.84. The molecule has 2 atom stereocenters. The van der Waals surface area contributed by atoms with Crippen molar-refractivity contribution in [3.63, 3.8) is 0 Å². The predicted molar refractivity (Wildman–Crippen MR) is 80.5 cm³/mol. The molecule has 112 valence electrons. The number of nitrogens with zero attached hydrogens (tertiary/aromatic N) is 1. The highest BCUT2D eigenvalue weighted by atomic mass is 16.5. The van der Waals surface area contributed by atoms with Gasteiger partial charge in [-0.25, -0.2) is 0 Å². The minimum Gasteiger partial charge on any atom is -0.376 e. The summed E-state index contributed by atoms with van der Waals surface area (Å²) in [6.45, 7) is 12.3. The van der Waals surface area contributed by atoms with E-state index in [1.807, 2.05) is 0 Å². The third-order valence-corrected chi connectivity index (χ3v) is 5.01. The molecule has 0 amide bonds. The largest absolute Gasteiger partial charge is 0.376 e. The predicted octanol–water partition coefficient (Wildman–Crippen LogP) is 2.66. The van der Waals surface area contributed by atoms with Gasteiger partial charge in [0.25, 0.3) is 0 Å². The fraction of sp³-hybridized carbons (Fsp3) is 1.00. The van der Waals surface area contributed by atoms with E-state index in [0.717, 1.165) is 19.7 Å². The normalized spacial score (nSPS) is 31.7. The second-order valence-electron chi connectivity index (χ2n) is 6.62. The summed E-state index contributed by atoms with van der Waals surface area (Å²) in [5.74, 6) is 0. The number of hydrogen-bond acceptors (Lipinski definition) is 3. The first-order valence-corrected chi connectivity index (χ1v) is 8.25. The topological polar surface area (TPSA) is 24.5 Å². The first-order chi connectivity index (χ1) is 9.19. The third-order valence-electron chi connectivity index (χ3n) is 5.01. The van der Waals surface area contributed by atoms with Crippen molar-refractivity contribution in [3.8, 4) is 0 Å². The average molecular weight is 268 g/mol. The summed E-state index contributed by atoms with van der Waals surface area (Å²) in [6, 6.07) is 0.635. The summed E-state index contributed by atoms with van der Waals surface area (Å²) >= 11 is 0. The van der Waals surface area contributed by atoms with Gasteiger partial charge in [-0.05, 0) is 38.1 Å². The van der Waals surface area contributed by atoms with Gasteiger partial charge >= 0.3 is 0 Å². The zero-order chi connectivity index (χ0) is 13.7. The summed E-state index contributed by atoms with van der Waals surface area (Å²) in [5, 5.41) is 3.61. The van der Waals surface area contributed by atoms with Gasteiger partial charge in [0, 0.05) is 25.7 Å². The van der Waals surface area contributed by atoms with Gasteiger partial charge in [0.05, 0.1) is 12.7 Å². The molecular weight excluding hydrogens is 236 g/mol. The fourth-order valence-electron chi connectivity index (χ4n) is 3.82. The third kappa shape index (κ3) is 3.93. The number of hydrogen-bond donors (Lipinski definition) is 1. The second kappa shape index (κ2) is 7.05. The van der Waals surface area contributed by atoms with Gasteiger partial charge in [0.15, 0.2) is 0 Å². The molecule has 1 aliphatic carbocycles. The van der Waals surface area contributed by atoms with Crippen LogP contribution >= 0.6 is 0 Å². The molecule has 1 heterocycles. The van der Waals surface area contributed by atoms with Gasteiger partial charge in [-0.2, -0.15) is 0 Å². The molecule has 1 saturated heterocycles. The molecular formula is C16H32N2O. The fourth-order valence-corrected chi connectivity index (χ4v) is 3.82. The maximum atomic E-state index is 5.83. The maximum Gasteiger partial charge on any atom is 0.0674 e. The van der Waals surface area contributed by atoms with Gasteiger partial charge in [-0.1, -0.05) is 26.7 Å². The molecule has 0 aromatic heterocycles. The van der Waals surface area contributed by atoms with Crippen molar-refractivity contribution in [1.29, 1.82) is 0 Å². The van der Waals surface area contributed by atoms with E-state index in [9.17, 15) is 0 Å². The number of rotatable bonds is 6. The van der Waals surface area contributed by atoms with Crippen molar-refractivity contribution < 1.29 is 4.74 Å². The van der Waals surface area contributed by atoms with Crippen molar-refractivity contribution >= 4 is 0 Å². The Balaban J connectivity index is 1.98. The van der Waals surface area contributed by atoms with E-state index in [2.05, 4.69) is 31.0 Å². The number of ether oxygens (including phenoxy) is 1. The van der Waals surface area contributed by atoms with Crippen molar-refractivity contribution in [3.05, 3.63) is 0 Å². The highest BCUT2D eigenvalue weighted by molar-refractivity contribution is 4.92. The zero-order valence-corrected chi connectivity index (χ0v) is 13.1. The van der Waals surface area contributed by atoms with E-state index < -0.39 is 0 Å². The quantitative estimate of drug-likeness (QED) is 0.801. The molecule has 2 aliphatic rings. The van der Waals surface area contributed by atoms with Crippen LogP contribution in [0.5, 0.6) is 0 Å².